The summed E-state index contributed by atoms with van der Waals surface area (Å²) in [7, 11) is -4.27. The summed E-state index contributed by atoms with van der Waals surface area (Å²) in [6.45, 7) is 1.82. The van der Waals surface area contributed by atoms with E-state index in [1.165, 1.54) is 24.3 Å². The molecule has 0 aliphatic heterocycles. The van der Waals surface area contributed by atoms with Gasteiger partial charge < -0.3 is 14.2 Å². The lowest BCUT2D eigenvalue weighted by Gasteiger charge is -2.15. The standard InChI is InChI=1S/C11H13O7P/c1-8(12)17-19(15,18-9(2)13)16-7-10-3-5-11(14)6-4-10/h3-6,14H,7H2,1-2H3. The first-order chi connectivity index (χ1) is 8.81. The lowest BCUT2D eigenvalue weighted by atomic mass is 10.2. The molecule has 0 amide bonds. The number of carbonyl (C=O) groups excluding carboxylic acids is 2. The van der Waals surface area contributed by atoms with Crippen LogP contribution in [0.4, 0.5) is 0 Å². The molecule has 0 saturated heterocycles. The molecular formula is C11H13O7P. The largest absolute Gasteiger partial charge is 0.592 e. The molecule has 0 heterocycles. The molecule has 7 nitrogen and oxygen atoms in total. The van der Waals surface area contributed by atoms with Gasteiger partial charge in [-0.05, 0) is 17.7 Å². The Balaban J connectivity index is 2.72. The average molecular weight is 288 g/mol. The minimum atomic E-state index is -4.27. The molecule has 0 aliphatic carbocycles. The van der Waals surface area contributed by atoms with E-state index in [9.17, 15) is 14.2 Å². The quantitative estimate of drug-likeness (QED) is 0.828. The Morgan fingerprint density at radius 3 is 2.00 bits per heavy atom. The Morgan fingerprint density at radius 1 is 1.11 bits per heavy atom. The van der Waals surface area contributed by atoms with Crippen molar-refractivity contribution in [3.8, 4) is 5.75 Å². The second-order valence-corrected chi connectivity index (χ2v) is 5.07. The summed E-state index contributed by atoms with van der Waals surface area (Å²) in [5.74, 6) is -1.72. The van der Waals surface area contributed by atoms with Crippen LogP contribution < -0.4 is 0 Å². The SMILES string of the molecule is CC(=O)OP(=O)(OCc1ccc(O)cc1)OC(C)=O. The van der Waals surface area contributed by atoms with Crippen LogP contribution in [0.25, 0.3) is 0 Å². The summed E-state index contributed by atoms with van der Waals surface area (Å²) in [5.41, 5.74) is 0.553. The van der Waals surface area contributed by atoms with Crippen LogP contribution in [-0.2, 0) is 34.3 Å². The number of aromatic hydroxyl groups is 1. The van der Waals surface area contributed by atoms with E-state index in [0.717, 1.165) is 13.8 Å². The van der Waals surface area contributed by atoms with Gasteiger partial charge in [0, 0.05) is 13.8 Å². The van der Waals surface area contributed by atoms with E-state index < -0.39 is 19.8 Å². The summed E-state index contributed by atoms with van der Waals surface area (Å²) in [5, 5.41) is 9.09. The second-order valence-electron chi connectivity index (χ2n) is 3.55. The van der Waals surface area contributed by atoms with Gasteiger partial charge in [-0.1, -0.05) is 12.1 Å². The van der Waals surface area contributed by atoms with Crippen LogP contribution in [0, 0.1) is 0 Å². The normalized spacial score (nSPS) is 10.8. The fraction of sp³-hybridized carbons (Fsp3) is 0.273. The first-order valence-corrected chi connectivity index (χ1v) is 6.69. The van der Waals surface area contributed by atoms with Gasteiger partial charge in [0.05, 0.1) is 6.61 Å². The van der Waals surface area contributed by atoms with Crippen molar-refractivity contribution < 1.29 is 32.8 Å². The third kappa shape index (κ3) is 5.54. The number of phosphoric acid groups is 1. The van der Waals surface area contributed by atoms with Crippen molar-refractivity contribution in [1.82, 2.24) is 0 Å². The molecule has 8 heteroatoms. The molecule has 1 rings (SSSR count). The number of phenolic OH excluding ortho intramolecular Hbond substituents is 1. The van der Waals surface area contributed by atoms with Crippen molar-refractivity contribution in [3.05, 3.63) is 29.8 Å². The number of hydrogen-bond acceptors (Lipinski definition) is 7. The second kappa shape index (κ2) is 6.36. The van der Waals surface area contributed by atoms with Gasteiger partial charge in [0.25, 0.3) is 0 Å². The lowest BCUT2D eigenvalue weighted by Crippen LogP contribution is -2.07. The molecule has 104 valence electrons. The van der Waals surface area contributed by atoms with Crippen LogP contribution >= 0.6 is 7.82 Å². The number of benzene rings is 1. The van der Waals surface area contributed by atoms with E-state index in [0.29, 0.717) is 5.56 Å². The van der Waals surface area contributed by atoms with Crippen LogP contribution in [0.3, 0.4) is 0 Å². The Hall–Kier alpha value is -1.85. The highest BCUT2D eigenvalue weighted by atomic mass is 31.2. The topological polar surface area (TPSA) is 99.1 Å². The maximum absolute atomic E-state index is 11.9. The van der Waals surface area contributed by atoms with Crippen molar-refractivity contribution in [2.45, 2.75) is 20.5 Å². The molecule has 1 aromatic carbocycles. The summed E-state index contributed by atoms with van der Waals surface area (Å²) in [6.07, 6.45) is 0. The molecule has 0 aromatic heterocycles. The number of phenols is 1. The highest BCUT2D eigenvalue weighted by Gasteiger charge is 2.33. The molecule has 0 saturated carbocycles. The van der Waals surface area contributed by atoms with Gasteiger partial charge in [-0.3, -0.25) is 14.1 Å². The van der Waals surface area contributed by atoms with Crippen molar-refractivity contribution in [2.24, 2.45) is 0 Å². The average Bonchev–Trinajstić information content (AvgIpc) is 2.26. The van der Waals surface area contributed by atoms with Gasteiger partial charge >= 0.3 is 19.8 Å². The maximum Gasteiger partial charge on any atom is 0.592 e. The van der Waals surface area contributed by atoms with E-state index in [2.05, 4.69) is 9.05 Å². The van der Waals surface area contributed by atoms with Gasteiger partial charge in [0.2, 0.25) is 0 Å². The van der Waals surface area contributed by atoms with Crippen molar-refractivity contribution >= 4 is 19.8 Å². The predicted molar refractivity (Wildman–Crippen MR) is 64.0 cm³/mol. The monoisotopic (exact) mass is 288 g/mol. The van der Waals surface area contributed by atoms with Crippen LogP contribution in [-0.4, -0.2) is 17.0 Å². The molecule has 0 fully saturated rings. The molecule has 0 aliphatic rings. The Bertz CT molecular complexity index is 488. The van der Waals surface area contributed by atoms with Crippen LogP contribution in [0.1, 0.15) is 19.4 Å². The first kappa shape index (κ1) is 15.2. The zero-order valence-electron chi connectivity index (χ0n) is 10.4. The minimum Gasteiger partial charge on any atom is -0.508 e. The number of carbonyl (C=O) groups is 2. The Kier molecular flexibility index (Phi) is 5.09. The smallest absolute Gasteiger partial charge is 0.508 e. The minimum absolute atomic E-state index is 0.0619. The number of phosphoric ester groups is 1. The van der Waals surface area contributed by atoms with Crippen LogP contribution in [0.15, 0.2) is 24.3 Å². The molecule has 19 heavy (non-hydrogen) atoms. The van der Waals surface area contributed by atoms with Gasteiger partial charge in [0.15, 0.2) is 0 Å². The van der Waals surface area contributed by atoms with E-state index in [-0.39, 0.29) is 12.4 Å². The van der Waals surface area contributed by atoms with Gasteiger partial charge in [-0.2, -0.15) is 0 Å². The van der Waals surface area contributed by atoms with Crippen LogP contribution in [0.2, 0.25) is 0 Å². The van der Waals surface area contributed by atoms with Crippen molar-refractivity contribution in [2.75, 3.05) is 0 Å². The number of rotatable bonds is 5. The van der Waals surface area contributed by atoms with Crippen molar-refractivity contribution in [3.63, 3.8) is 0 Å². The van der Waals surface area contributed by atoms with E-state index >= 15 is 0 Å². The molecule has 0 radical (unpaired) electrons. The van der Waals surface area contributed by atoms with Gasteiger partial charge in [0.1, 0.15) is 5.75 Å². The molecule has 0 spiro atoms. The van der Waals surface area contributed by atoms with E-state index in [4.69, 9.17) is 9.63 Å². The molecule has 0 bridgehead atoms. The maximum atomic E-state index is 11.9. The molecule has 1 N–H and O–H groups in total. The van der Waals surface area contributed by atoms with Gasteiger partial charge in [-0.15, -0.1) is 0 Å². The predicted octanol–water partition coefficient (Wildman–Crippen LogP) is 2.14. The highest BCUT2D eigenvalue weighted by Crippen LogP contribution is 2.50. The zero-order chi connectivity index (χ0) is 14.5. The van der Waals surface area contributed by atoms with Crippen LogP contribution in [0.5, 0.6) is 5.75 Å². The third-order valence-electron chi connectivity index (χ3n) is 1.81. The van der Waals surface area contributed by atoms with E-state index in [1.54, 1.807) is 0 Å². The summed E-state index contributed by atoms with van der Waals surface area (Å²) < 4.78 is 25.6. The summed E-state index contributed by atoms with van der Waals surface area (Å²) in [4.78, 5) is 21.6. The Morgan fingerprint density at radius 2 is 1.58 bits per heavy atom. The molecular weight excluding hydrogens is 275 g/mol. The van der Waals surface area contributed by atoms with Gasteiger partial charge in [-0.25, -0.2) is 4.57 Å². The Labute approximate surface area is 109 Å². The molecule has 1 aromatic rings. The first-order valence-electron chi connectivity index (χ1n) is 5.23. The third-order valence-corrected chi connectivity index (χ3v) is 3.21. The number of hydrogen-bond donors (Lipinski definition) is 1. The fourth-order valence-corrected chi connectivity index (χ4v) is 2.21. The highest BCUT2D eigenvalue weighted by molar-refractivity contribution is 7.49. The zero-order valence-corrected chi connectivity index (χ0v) is 11.3. The molecule has 0 atom stereocenters. The summed E-state index contributed by atoms with van der Waals surface area (Å²) in [6, 6.07) is 5.84. The fourth-order valence-electron chi connectivity index (χ4n) is 1.13. The van der Waals surface area contributed by atoms with E-state index in [1.807, 2.05) is 0 Å². The lowest BCUT2D eigenvalue weighted by molar-refractivity contribution is -0.138. The van der Waals surface area contributed by atoms with Crippen molar-refractivity contribution in [1.29, 1.82) is 0 Å². The molecule has 0 unspecified atom stereocenters. The summed E-state index contributed by atoms with van der Waals surface area (Å²) >= 11 is 0.